The average Bonchev–Trinajstić information content (AvgIpc) is 2.69. The van der Waals surface area contributed by atoms with Crippen LogP contribution in [-0.2, 0) is 23.4 Å². The number of fused-ring (bicyclic) bond motifs is 1. The third kappa shape index (κ3) is 5.46. The zero-order valence-electron chi connectivity index (χ0n) is 19.6. The average molecular weight is 448 g/mol. The van der Waals surface area contributed by atoms with Gasteiger partial charge in [0.2, 0.25) is 5.91 Å². The highest BCUT2D eigenvalue weighted by Gasteiger charge is 2.53. The zero-order valence-corrected chi connectivity index (χ0v) is 20.6. The molecule has 0 saturated carbocycles. The Bertz CT molecular complexity index is 763. The van der Waals surface area contributed by atoms with E-state index in [9.17, 15) is 4.79 Å². The largest absolute Gasteiger partial charge is 0.409 e. The molecule has 0 unspecified atom stereocenters. The van der Waals surface area contributed by atoms with Gasteiger partial charge in [0.1, 0.15) is 12.2 Å². The molecule has 7 heteroatoms. The molecule has 2 saturated heterocycles. The van der Waals surface area contributed by atoms with Gasteiger partial charge in [-0.3, -0.25) is 4.79 Å². The van der Waals surface area contributed by atoms with Gasteiger partial charge in [0, 0.05) is 12.5 Å². The molecule has 6 nitrogen and oxygen atoms in total. The lowest BCUT2D eigenvalue weighted by Gasteiger charge is -2.52. The molecule has 2 aliphatic rings. The van der Waals surface area contributed by atoms with Gasteiger partial charge in [0.15, 0.2) is 14.6 Å². The molecule has 6 atom stereocenters. The molecule has 1 aromatic rings. The van der Waals surface area contributed by atoms with Crippen molar-refractivity contribution in [3.8, 4) is 0 Å². The highest BCUT2D eigenvalue weighted by molar-refractivity contribution is 6.74. The second-order valence-electron chi connectivity index (χ2n) is 9.98. The van der Waals surface area contributed by atoms with Gasteiger partial charge in [-0.05, 0) is 24.6 Å². The number of benzene rings is 1. The van der Waals surface area contributed by atoms with Gasteiger partial charge in [0.25, 0.3) is 0 Å². The minimum Gasteiger partial charge on any atom is -0.409 e. The number of rotatable bonds is 6. The van der Waals surface area contributed by atoms with E-state index in [2.05, 4.69) is 45.8 Å². The molecule has 1 N–H and O–H groups in total. The SMILES string of the molecule is C=CC[C@H]1O[C@@H]2CO[C@@H](c3ccccc3)O[C@H]2[C@H](O[Si](C)(C)C(C)(C)C)[C@H]1NC(C)=O. The van der Waals surface area contributed by atoms with E-state index in [0.717, 1.165) is 5.56 Å². The summed E-state index contributed by atoms with van der Waals surface area (Å²) in [5.41, 5.74) is 0.955. The maximum atomic E-state index is 12.1. The van der Waals surface area contributed by atoms with E-state index in [0.29, 0.717) is 13.0 Å². The summed E-state index contributed by atoms with van der Waals surface area (Å²) in [5, 5.41) is 3.11. The van der Waals surface area contributed by atoms with Gasteiger partial charge in [-0.2, -0.15) is 0 Å². The van der Waals surface area contributed by atoms with Gasteiger partial charge < -0.3 is 24.0 Å². The van der Waals surface area contributed by atoms with Crippen molar-refractivity contribution < 1.29 is 23.4 Å². The summed E-state index contributed by atoms with van der Waals surface area (Å²) in [6.45, 7) is 16.9. The summed E-state index contributed by atoms with van der Waals surface area (Å²) >= 11 is 0. The van der Waals surface area contributed by atoms with Gasteiger partial charge in [0.05, 0.1) is 24.9 Å². The number of amides is 1. The summed E-state index contributed by atoms with van der Waals surface area (Å²) < 4.78 is 25.8. The Morgan fingerprint density at radius 3 is 2.52 bits per heavy atom. The van der Waals surface area contributed by atoms with Gasteiger partial charge in [-0.1, -0.05) is 57.2 Å². The lowest BCUT2D eigenvalue weighted by atomic mass is 9.90. The second-order valence-corrected chi connectivity index (χ2v) is 14.7. The highest BCUT2D eigenvalue weighted by atomic mass is 28.4. The summed E-state index contributed by atoms with van der Waals surface area (Å²) in [6, 6.07) is 9.55. The molecule has 1 amide bonds. The molecule has 172 valence electrons. The normalized spacial score (nSPS) is 31.5. The molecule has 1 aromatic carbocycles. The Balaban J connectivity index is 1.95. The summed E-state index contributed by atoms with van der Waals surface area (Å²) in [7, 11) is -2.17. The summed E-state index contributed by atoms with van der Waals surface area (Å²) in [5.74, 6) is -0.114. The van der Waals surface area contributed by atoms with Crippen LogP contribution < -0.4 is 5.32 Å². The summed E-state index contributed by atoms with van der Waals surface area (Å²) in [4.78, 5) is 12.1. The van der Waals surface area contributed by atoms with Crippen molar-refractivity contribution in [3.63, 3.8) is 0 Å². The van der Waals surface area contributed by atoms with Crippen molar-refractivity contribution in [2.45, 2.75) is 89.0 Å². The van der Waals surface area contributed by atoms with Crippen molar-refractivity contribution in [2.75, 3.05) is 6.61 Å². The minimum absolute atomic E-state index is 0.0134. The molecule has 3 rings (SSSR count). The third-order valence-corrected chi connectivity index (χ3v) is 11.0. The number of hydrogen-bond donors (Lipinski definition) is 1. The van der Waals surface area contributed by atoms with Crippen LogP contribution in [0.1, 0.15) is 46.0 Å². The Morgan fingerprint density at radius 1 is 1.26 bits per heavy atom. The van der Waals surface area contributed by atoms with E-state index in [-0.39, 0.29) is 41.4 Å². The van der Waals surface area contributed by atoms with E-state index < -0.39 is 14.6 Å². The molecule has 0 bridgehead atoms. The van der Waals surface area contributed by atoms with Crippen LogP contribution in [0, 0.1) is 0 Å². The second kappa shape index (κ2) is 9.54. The van der Waals surface area contributed by atoms with Crippen molar-refractivity contribution >= 4 is 14.2 Å². The quantitative estimate of drug-likeness (QED) is 0.519. The molecule has 2 fully saturated rings. The fraction of sp³-hybridized carbons (Fsp3) is 0.625. The van der Waals surface area contributed by atoms with Crippen LogP contribution in [0.3, 0.4) is 0 Å². The van der Waals surface area contributed by atoms with E-state index in [1.54, 1.807) is 0 Å². The van der Waals surface area contributed by atoms with Crippen LogP contribution >= 0.6 is 0 Å². The maximum Gasteiger partial charge on any atom is 0.217 e. The van der Waals surface area contributed by atoms with Crippen molar-refractivity contribution in [3.05, 3.63) is 48.6 Å². The number of carbonyl (C=O) groups is 1. The maximum absolute atomic E-state index is 12.1. The number of hydrogen-bond acceptors (Lipinski definition) is 5. The molecule has 0 radical (unpaired) electrons. The fourth-order valence-electron chi connectivity index (χ4n) is 3.90. The lowest BCUT2D eigenvalue weighted by Crippen LogP contribution is -2.68. The number of ether oxygens (including phenoxy) is 3. The molecule has 0 aromatic heterocycles. The predicted octanol–water partition coefficient (Wildman–Crippen LogP) is 4.34. The Morgan fingerprint density at radius 2 is 1.94 bits per heavy atom. The molecule has 2 heterocycles. The Labute approximate surface area is 187 Å². The van der Waals surface area contributed by atoms with E-state index in [1.807, 2.05) is 36.4 Å². The first-order valence-electron chi connectivity index (χ1n) is 11.1. The fourth-order valence-corrected chi connectivity index (χ4v) is 5.21. The third-order valence-electron chi connectivity index (χ3n) is 6.56. The van der Waals surface area contributed by atoms with Crippen LogP contribution in [0.4, 0.5) is 0 Å². The van der Waals surface area contributed by atoms with Gasteiger partial charge in [-0.25, -0.2) is 0 Å². The van der Waals surface area contributed by atoms with Crippen LogP contribution in [0.2, 0.25) is 18.1 Å². The summed E-state index contributed by atoms with van der Waals surface area (Å²) in [6.07, 6.45) is 0.705. The molecule has 0 aliphatic carbocycles. The zero-order chi connectivity index (χ0) is 22.8. The standard InChI is InChI=1S/C24H37NO5Si/c1-8-12-18-20(25-16(2)26)22(30-31(6,7)24(3,4)5)21-19(28-18)15-27-23(29-21)17-13-10-9-11-14-17/h8-11,13-14,18-23H,1,12,15H2,2-7H3,(H,25,26)/t18-,19-,20+,21-,22-,23-/m1/s1. The van der Waals surface area contributed by atoms with E-state index in [4.69, 9.17) is 18.6 Å². The molecular formula is C24H37NO5Si. The van der Waals surface area contributed by atoms with Crippen molar-refractivity contribution in [1.29, 1.82) is 0 Å². The number of carbonyl (C=O) groups excluding carboxylic acids is 1. The molecule has 0 spiro atoms. The molecule has 2 aliphatic heterocycles. The topological polar surface area (TPSA) is 66.0 Å². The van der Waals surface area contributed by atoms with E-state index >= 15 is 0 Å². The van der Waals surface area contributed by atoms with Gasteiger partial charge in [-0.15, -0.1) is 6.58 Å². The van der Waals surface area contributed by atoms with Crippen LogP contribution in [-0.4, -0.2) is 51.3 Å². The molecule has 31 heavy (non-hydrogen) atoms. The van der Waals surface area contributed by atoms with Crippen LogP contribution in [0.15, 0.2) is 43.0 Å². The Kier molecular flexibility index (Phi) is 7.43. The highest BCUT2D eigenvalue weighted by Crippen LogP contribution is 2.42. The lowest BCUT2D eigenvalue weighted by molar-refractivity contribution is -0.312. The first-order valence-corrected chi connectivity index (χ1v) is 14.0. The first kappa shape index (κ1) is 24.1. The van der Waals surface area contributed by atoms with Crippen LogP contribution in [0.5, 0.6) is 0 Å². The van der Waals surface area contributed by atoms with Crippen molar-refractivity contribution in [1.82, 2.24) is 5.32 Å². The van der Waals surface area contributed by atoms with Crippen LogP contribution in [0.25, 0.3) is 0 Å². The van der Waals surface area contributed by atoms with E-state index in [1.165, 1.54) is 6.92 Å². The number of nitrogens with one attached hydrogen (secondary N) is 1. The van der Waals surface area contributed by atoms with Crippen molar-refractivity contribution in [2.24, 2.45) is 0 Å². The monoisotopic (exact) mass is 447 g/mol. The smallest absolute Gasteiger partial charge is 0.217 e. The first-order chi connectivity index (χ1) is 14.5. The molecular weight excluding hydrogens is 410 g/mol. The van der Waals surface area contributed by atoms with Gasteiger partial charge >= 0.3 is 0 Å². The minimum atomic E-state index is -2.17. The Hall–Kier alpha value is -1.51. The predicted molar refractivity (Wildman–Crippen MR) is 123 cm³/mol.